The molecule has 5 heterocycles. The highest BCUT2D eigenvalue weighted by Gasteiger charge is 2.64. The van der Waals surface area contributed by atoms with E-state index in [1.807, 2.05) is 70.5 Å². The molecule has 70 heavy (non-hydrogen) atoms. The molecule has 18 heteroatoms. The molecule has 1 aromatic carbocycles. The van der Waals surface area contributed by atoms with E-state index in [4.69, 9.17) is 9.47 Å². The summed E-state index contributed by atoms with van der Waals surface area (Å²) in [5.74, 6) is 0.349. The number of piperazine rings is 1. The Morgan fingerprint density at radius 3 is 2.26 bits per heavy atom. The second-order valence-electron chi connectivity index (χ2n) is 21.3. The first-order valence-electron chi connectivity index (χ1n) is 24.2. The molecule has 0 bridgehead atoms. The van der Waals surface area contributed by atoms with Crippen LogP contribution in [0.15, 0.2) is 60.2 Å². The first kappa shape index (κ1) is 52.3. The quantitative estimate of drug-likeness (QED) is 0.0881. The Hall–Kier alpha value is -5.55. The van der Waals surface area contributed by atoms with Gasteiger partial charge in [-0.2, -0.15) is 5.26 Å². The zero-order valence-corrected chi connectivity index (χ0v) is 43.0. The molecule has 2 saturated heterocycles. The first-order valence-corrected chi connectivity index (χ1v) is 25.0. The topological polar surface area (TPSA) is 218 Å². The third kappa shape index (κ3) is 11.6. The van der Waals surface area contributed by atoms with E-state index in [-0.39, 0.29) is 55.5 Å². The SMILES string of the molecule is Cc1nc(O[C@H]2C(C)(C)[C@H](NC(=O)c3ccc(N4CCN(CCOCC(=O)N[C@H](C(O)N5C[C@H](O)C[C@H]5C(=O)N[C@@H](C)c5ccc(-c6scnc6C)cc5)C(C)(C)C)CC4)nc3)C2(C)C)ccc1C#N. The van der Waals surface area contributed by atoms with Gasteiger partial charge in [-0.15, -0.1) is 11.3 Å². The van der Waals surface area contributed by atoms with Crippen molar-refractivity contribution in [2.24, 2.45) is 16.2 Å². The van der Waals surface area contributed by atoms with Gasteiger partial charge in [0.25, 0.3) is 5.91 Å². The van der Waals surface area contributed by atoms with Crippen LogP contribution in [0.25, 0.3) is 10.4 Å². The van der Waals surface area contributed by atoms with Gasteiger partial charge >= 0.3 is 0 Å². The zero-order chi connectivity index (χ0) is 50.7. The lowest BCUT2D eigenvalue weighted by molar-refractivity contribution is -0.165. The highest BCUT2D eigenvalue weighted by Crippen LogP contribution is 2.55. The first-order chi connectivity index (χ1) is 33.1. The van der Waals surface area contributed by atoms with Crippen LogP contribution in [-0.4, -0.2) is 142 Å². The number of hydrogen-bond donors (Lipinski definition) is 5. The highest BCUT2D eigenvalue weighted by molar-refractivity contribution is 7.13. The molecule has 4 aromatic rings. The van der Waals surface area contributed by atoms with Crippen molar-refractivity contribution in [2.75, 3.05) is 57.4 Å². The van der Waals surface area contributed by atoms with E-state index >= 15 is 0 Å². The maximum absolute atomic E-state index is 13.7. The van der Waals surface area contributed by atoms with Gasteiger partial charge in [-0.25, -0.2) is 15.0 Å². The smallest absolute Gasteiger partial charge is 0.253 e. The molecule has 2 aliphatic heterocycles. The van der Waals surface area contributed by atoms with E-state index in [1.54, 1.807) is 47.6 Å². The van der Waals surface area contributed by atoms with Crippen LogP contribution >= 0.6 is 11.3 Å². The molecule has 3 fully saturated rings. The molecule has 0 radical (unpaired) electrons. The van der Waals surface area contributed by atoms with Crippen molar-refractivity contribution in [1.82, 2.24) is 40.7 Å². The van der Waals surface area contributed by atoms with Gasteiger partial charge in [-0.05, 0) is 61.9 Å². The number of likely N-dealkylation sites (tertiary alicyclic amines) is 1. The number of aromatic nitrogens is 3. The van der Waals surface area contributed by atoms with Crippen molar-refractivity contribution in [1.29, 1.82) is 5.26 Å². The number of ether oxygens (including phenoxy) is 2. The Kier molecular flexibility index (Phi) is 16.0. The number of benzene rings is 1. The number of aryl methyl sites for hydroxylation is 2. The van der Waals surface area contributed by atoms with Gasteiger partial charge in [-0.1, -0.05) is 72.7 Å². The van der Waals surface area contributed by atoms with E-state index in [0.717, 1.165) is 53.7 Å². The molecule has 7 rings (SSSR count). The standard InChI is InChI=1S/C52H70N10O7S/c1-31(34-11-13-35(14-12-34)43-33(3)55-30-70-43)57-46(66)39-25-38(63)28-62(39)47(67)44(50(4,5)6)58-41(64)29-68-24-23-60-19-21-61(22-20-60)40-17-15-37(27-54-40)45(65)59-48-51(7,8)49(52(48,9)10)69-42-18-16-36(26-53)32(2)56-42/h11-18,27,30-31,38-39,44,47-49,63,67H,19-25,28-29H2,1-10H3,(H,57,66)(H,58,64)(H,59,65)/t31-,38+,39-,44+,47?,48-,49-/m0/s1. The van der Waals surface area contributed by atoms with Crippen LogP contribution in [0, 0.1) is 41.4 Å². The minimum absolute atomic E-state index is 0.0818. The monoisotopic (exact) mass is 979 g/mol. The number of pyridine rings is 2. The Labute approximate surface area is 416 Å². The average molecular weight is 979 g/mol. The molecule has 1 saturated carbocycles. The number of carbonyl (C=O) groups excluding carboxylic acids is 3. The van der Waals surface area contributed by atoms with E-state index in [2.05, 4.69) is 74.5 Å². The van der Waals surface area contributed by atoms with Crippen LogP contribution in [0.2, 0.25) is 0 Å². The van der Waals surface area contributed by atoms with Gasteiger partial charge in [0, 0.05) is 68.4 Å². The Morgan fingerprint density at radius 1 is 0.957 bits per heavy atom. The number of anilines is 1. The van der Waals surface area contributed by atoms with Crippen molar-refractivity contribution < 1.29 is 34.1 Å². The minimum Gasteiger partial charge on any atom is -0.473 e. The zero-order valence-electron chi connectivity index (χ0n) is 42.2. The summed E-state index contributed by atoms with van der Waals surface area (Å²) in [5, 5.41) is 41.0. The number of nitrogens with one attached hydrogen (secondary N) is 3. The number of amides is 3. The van der Waals surface area contributed by atoms with Gasteiger partial charge in [0.15, 0.2) is 0 Å². The van der Waals surface area contributed by atoms with E-state index in [0.29, 0.717) is 35.9 Å². The van der Waals surface area contributed by atoms with Gasteiger partial charge in [0.2, 0.25) is 17.7 Å². The summed E-state index contributed by atoms with van der Waals surface area (Å²) in [6.07, 6.45) is -0.519. The summed E-state index contributed by atoms with van der Waals surface area (Å²) < 4.78 is 12.2. The predicted molar refractivity (Wildman–Crippen MR) is 268 cm³/mol. The maximum atomic E-state index is 13.7. The van der Waals surface area contributed by atoms with Gasteiger partial charge in [0.05, 0.1) is 63.7 Å². The Bertz CT molecular complexity index is 2500. The number of nitrogens with zero attached hydrogens (tertiary/aromatic N) is 7. The lowest BCUT2D eigenvalue weighted by atomic mass is 9.49. The fourth-order valence-electron chi connectivity index (χ4n) is 10.6. The van der Waals surface area contributed by atoms with Gasteiger partial charge < -0.3 is 40.5 Å². The number of rotatable bonds is 17. The molecular formula is C52H70N10O7S. The molecule has 376 valence electrons. The molecule has 1 aliphatic carbocycles. The van der Waals surface area contributed by atoms with E-state index in [1.165, 1.54) is 0 Å². The number of aliphatic hydroxyl groups excluding tert-OH is 2. The molecule has 0 spiro atoms. The predicted octanol–water partition coefficient (Wildman–Crippen LogP) is 5.00. The van der Waals surface area contributed by atoms with Crippen LogP contribution in [0.3, 0.4) is 0 Å². The van der Waals surface area contributed by atoms with Crippen molar-refractivity contribution >= 4 is 34.9 Å². The molecule has 17 nitrogen and oxygen atoms in total. The molecule has 1 unspecified atom stereocenters. The normalized spacial score (nSPS) is 22.5. The third-order valence-electron chi connectivity index (χ3n) is 14.3. The lowest BCUT2D eigenvalue weighted by Crippen LogP contribution is -2.74. The summed E-state index contributed by atoms with van der Waals surface area (Å²) in [5.41, 5.74) is 4.98. The van der Waals surface area contributed by atoms with Crippen LogP contribution in [0.4, 0.5) is 5.82 Å². The van der Waals surface area contributed by atoms with Crippen molar-refractivity contribution in [3.63, 3.8) is 0 Å². The third-order valence-corrected chi connectivity index (χ3v) is 15.3. The fourth-order valence-corrected chi connectivity index (χ4v) is 11.4. The second-order valence-corrected chi connectivity index (χ2v) is 22.1. The van der Waals surface area contributed by atoms with Crippen LogP contribution < -0.4 is 25.6 Å². The number of hydrogen-bond acceptors (Lipinski definition) is 15. The summed E-state index contributed by atoms with van der Waals surface area (Å²) in [4.78, 5) is 61.1. The minimum atomic E-state index is -1.25. The maximum Gasteiger partial charge on any atom is 0.253 e. The van der Waals surface area contributed by atoms with Crippen LogP contribution in [0.1, 0.15) is 101 Å². The summed E-state index contributed by atoms with van der Waals surface area (Å²) in [7, 11) is 0. The second kappa shape index (κ2) is 21.4. The molecular weight excluding hydrogens is 909 g/mol. The van der Waals surface area contributed by atoms with E-state index in [9.17, 15) is 29.9 Å². The molecule has 3 aromatic heterocycles. The molecule has 3 aliphatic rings. The number of nitriles is 1. The number of carbonyl (C=O) groups is 3. The number of β-amino-alcohol motifs (C(OH)–C–C–N with tert-alkyl or cyclic N) is 1. The van der Waals surface area contributed by atoms with Crippen LogP contribution in [-0.2, 0) is 14.3 Å². The van der Waals surface area contributed by atoms with Crippen molar-refractivity contribution in [2.45, 2.75) is 118 Å². The highest BCUT2D eigenvalue weighted by atomic mass is 32.1. The number of thiazole rings is 1. The summed E-state index contributed by atoms with van der Waals surface area (Å²) >= 11 is 1.58. The van der Waals surface area contributed by atoms with Crippen molar-refractivity contribution in [3.8, 4) is 22.4 Å². The van der Waals surface area contributed by atoms with E-state index < -0.39 is 40.7 Å². The number of aliphatic hydroxyl groups is 2. The lowest BCUT2D eigenvalue weighted by Gasteiger charge is -2.62. The molecule has 3 amide bonds. The molecule has 5 atom stereocenters. The fraction of sp³-hybridized carbons (Fsp3) is 0.558. The molecule has 5 N–H and O–H groups in total. The van der Waals surface area contributed by atoms with Gasteiger partial charge in [0.1, 0.15) is 30.8 Å². The summed E-state index contributed by atoms with van der Waals surface area (Å²) in [6, 6.07) is 15.2. The van der Waals surface area contributed by atoms with Crippen LogP contribution in [0.5, 0.6) is 5.88 Å². The Morgan fingerprint density at radius 2 is 1.66 bits per heavy atom. The van der Waals surface area contributed by atoms with Crippen molar-refractivity contribution in [3.05, 3.63) is 88.3 Å². The summed E-state index contributed by atoms with van der Waals surface area (Å²) in [6.45, 7) is 23.5. The van der Waals surface area contributed by atoms with Gasteiger partial charge in [-0.3, -0.25) is 24.2 Å². The largest absolute Gasteiger partial charge is 0.473 e. The Balaban J connectivity index is 0.830. The average Bonchev–Trinajstić information content (AvgIpc) is 3.95.